The predicted molar refractivity (Wildman–Crippen MR) is 145 cm³/mol. The Bertz CT molecular complexity index is 1390. The van der Waals surface area contributed by atoms with Crippen LogP contribution in [0.15, 0.2) is 48.5 Å². The van der Waals surface area contributed by atoms with Gasteiger partial charge in [-0.2, -0.15) is 5.21 Å². The first-order chi connectivity index (χ1) is 19.0. The number of aryl methyl sites for hydroxylation is 1. The Morgan fingerprint density at radius 3 is 2.56 bits per heavy atom. The number of carbonyl (C=O) groups excluding carboxylic acids is 1. The molecule has 1 unspecified atom stereocenters. The van der Waals surface area contributed by atoms with E-state index in [0.29, 0.717) is 30.8 Å². The number of likely N-dealkylation sites (N-methyl/N-ethyl adjacent to an activating group) is 1. The number of carboxylic acid groups (broad SMARTS) is 1. The van der Waals surface area contributed by atoms with Gasteiger partial charge < -0.3 is 24.5 Å². The maximum absolute atomic E-state index is 11.7. The van der Waals surface area contributed by atoms with Gasteiger partial charge >= 0.3 is 5.97 Å². The fraction of sp³-hybridized carbons (Fsp3) is 0.333. The first kappa shape index (κ1) is 28.1. The van der Waals surface area contributed by atoms with Crippen LogP contribution in [0.1, 0.15) is 36.8 Å². The van der Waals surface area contributed by atoms with Crippen molar-refractivity contribution < 1.29 is 19.4 Å². The molecule has 0 saturated heterocycles. The topological polar surface area (TPSA) is 148 Å². The van der Waals surface area contributed by atoms with E-state index in [1.165, 1.54) is 7.05 Å². The summed E-state index contributed by atoms with van der Waals surface area (Å²) in [5.41, 5.74) is 4.39. The van der Waals surface area contributed by atoms with Gasteiger partial charge in [0.2, 0.25) is 5.82 Å². The van der Waals surface area contributed by atoms with Gasteiger partial charge in [-0.25, -0.2) is 9.78 Å². The third kappa shape index (κ3) is 6.56. The lowest BCUT2D eigenvalue weighted by atomic mass is 9.98. The molecule has 0 spiro atoms. The maximum Gasteiger partial charge on any atom is 0.334 e. The second-order valence-corrected chi connectivity index (χ2v) is 9.31. The lowest BCUT2D eigenvalue weighted by molar-refractivity contribution is -0.154. The van der Waals surface area contributed by atoms with E-state index < -0.39 is 18.1 Å². The van der Waals surface area contributed by atoms with Crippen LogP contribution >= 0.6 is 11.6 Å². The fourth-order valence-electron chi connectivity index (χ4n) is 4.32. The number of hydrogen-bond donors (Lipinski definition) is 3. The minimum Gasteiger partial charge on any atom is -0.479 e. The Labute approximate surface area is 230 Å². The zero-order valence-electron chi connectivity index (χ0n) is 21.7. The minimum absolute atomic E-state index is 0.114. The van der Waals surface area contributed by atoms with E-state index in [4.69, 9.17) is 16.3 Å². The molecular weight excluding hydrogens is 522 g/mol. The molecule has 2 atom stereocenters. The van der Waals surface area contributed by atoms with Crippen LogP contribution in [0, 0.1) is 0 Å². The van der Waals surface area contributed by atoms with Gasteiger partial charge in [0.1, 0.15) is 18.2 Å². The number of hydrogen-bond acceptors (Lipinski definition) is 8. The molecule has 3 N–H and O–H groups in total. The van der Waals surface area contributed by atoms with E-state index in [2.05, 4.69) is 37.8 Å². The van der Waals surface area contributed by atoms with Crippen molar-refractivity contribution in [2.24, 2.45) is 0 Å². The summed E-state index contributed by atoms with van der Waals surface area (Å²) in [5.74, 6) is 0.0636. The van der Waals surface area contributed by atoms with Crippen LogP contribution in [-0.2, 0) is 33.9 Å². The predicted octanol–water partition coefficient (Wildman–Crippen LogP) is 3.53. The second-order valence-electron chi connectivity index (χ2n) is 8.95. The number of nitrogens with one attached hydrogen (secondary N) is 2. The molecule has 0 aliphatic heterocycles. The highest BCUT2D eigenvalue weighted by Crippen LogP contribution is 2.30. The van der Waals surface area contributed by atoms with Crippen LogP contribution in [0.5, 0.6) is 0 Å². The quantitative estimate of drug-likeness (QED) is 0.200. The first-order valence-corrected chi connectivity index (χ1v) is 13.0. The zero-order valence-corrected chi connectivity index (χ0v) is 22.4. The third-order valence-electron chi connectivity index (χ3n) is 6.42. The largest absolute Gasteiger partial charge is 0.479 e. The monoisotopic (exact) mass is 551 g/mol. The molecule has 0 aliphatic rings. The molecule has 0 saturated carbocycles. The van der Waals surface area contributed by atoms with Crippen molar-refractivity contribution in [3.63, 3.8) is 0 Å². The molecule has 39 heavy (non-hydrogen) atoms. The summed E-state index contributed by atoms with van der Waals surface area (Å²) in [4.78, 5) is 27.6. The minimum atomic E-state index is -1.37. The number of aliphatic carboxylic acids is 1. The van der Waals surface area contributed by atoms with Gasteiger partial charge in [0.25, 0.3) is 0 Å². The number of rotatable bonds is 14. The highest BCUT2D eigenvalue weighted by molar-refractivity contribution is 6.30. The number of tetrazole rings is 1. The van der Waals surface area contributed by atoms with E-state index in [-0.39, 0.29) is 11.8 Å². The van der Waals surface area contributed by atoms with Crippen molar-refractivity contribution >= 4 is 23.9 Å². The molecule has 2 aromatic carbocycles. The highest BCUT2D eigenvalue weighted by Gasteiger charge is 2.29. The van der Waals surface area contributed by atoms with E-state index in [1.54, 1.807) is 0 Å². The molecule has 4 aromatic rings. The zero-order chi connectivity index (χ0) is 27.8. The summed E-state index contributed by atoms with van der Waals surface area (Å²) in [6.07, 6.45) is 1.76. The van der Waals surface area contributed by atoms with Gasteiger partial charge in [-0.3, -0.25) is 0 Å². The summed E-state index contributed by atoms with van der Waals surface area (Å²) < 4.78 is 7.64. The van der Waals surface area contributed by atoms with Gasteiger partial charge in [-0.1, -0.05) is 73.5 Å². The summed E-state index contributed by atoms with van der Waals surface area (Å²) in [7, 11) is 1.50. The van der Waals surface area contributed by atoms with Crippen LogP contribution in [0.25, 0.3) is 22.5 Å². The van der Waals surface area contributed by atoms with Gasteiger partial charge in [-0.05, 0) is 35.4 Å². The average molecular weight is 552 g/mol. The Morgan fingerprint density at radius 1 is 1.21 bits per heavy atom. The van der Waals surface area contributed by atoms with Crippen molar-refractivity contribution in [3.8, 4) is 22.5 Å². The summed E-state index contributed by atoms with van der Waals surface area (Å²) in [6, 6.07) is 14.9. The summed E-state index contributed by atoms with van der Waals surface area (Å²) in [5, 5.41) is 26.9. The third-order valence-corrected chi connectivity index (χ3v) is 6.73. The number of aromatic nitrogens is 6. The lowest BCUT2D eigenvalue weighted by Gasteiger charge is -2.20. The maximum atomic E-state index is 11.7. The van der Waals surface area contributed by atoms with E-state index in [9.17, 15) is 14.7 Å². The van der Waals surface area contributed by atoms with Crippen molar-refractivity contribution in [2.45, 2.75) is 51.5 Å². The van der Waals surface area contributed by atoms with Gasteiger partial charge in [0.15, 0.2) is 11.3 Å². The molecule has 12 heteroatoms. The number of aldehydes is 1. The Kier molecular flexibility index (Phi) is 9.53. The Morgan fingerprint density at radius 2 is 1.95 bits per heavy atom. The number of unbranched alkanes of at least 4 members (excludes halogenated alkanes) is 1. The molecule has 204 valence electrons. The van der Waals surface area contributed by atoms with Gasteiger partial charge in [0.05, 0.1) is 12.3 Å². The molecular formula is C27H30ClN7O4. The van der Waals surface area contributed by atoms with Crippen molar-refractivity contribution in [1.29, 1.82) is 0 Å². The molecule has 0 radical (unpaired) electrons. The van der Waals surface area contributed by atoms with Crippen molar-refractivity contribution in [2.75, 3.05) is 7.05 Å². The van der Waals surface area contributed by atoms with E-state index in [1.807, 2.05) is 53.1 Å². The van der Waals surface area contributed by atoms with Gasteiger partial charge in [0, 0.05) is 18.5 Å². The van der Waals surface area contributed by atoms with Crippen LogP contribution < -0.4 is 5.32 Å². The SMILES string of the molecule is CCCCc1nc(Cl)c(CO[C@@H](C(=O)O)C(C=O)NC)n1Cc1ccc(-c2ccccc2-c2nn[nH]n2)cc1. The number of nitrogens with zero attached hydrogens (tertiary/aromatic N) is 5. The molecule has 11 nitrogen and oxygen atoms in total. The number of aromatic amines is 1. The Balaban J connectivity index is 1.61. The van der Waals surface area contributed by atoms with E-state index in [0.717, 1.165) is 40.9 Å². The van der Waals surface area contributed by atoms with Crippen molar-refractivity contribution in [1.82, 2.24) is 35.5 Å². The molecule has 0 fully saturated rings. The summed E-state index contributed by atoms with van der Waals surface area (Å²) in [6.45, 7) is 2.45. The number of ether oxygens (including phenoxy) is 1. The first-order valence-electron chi connectivity index (χ1n) is 12.6. The van der Waals surface area contributed by atoms with Crippen LogP contribution in [0.3, 0.4) is 0 Å². The molecule has 0 bridgehead atoms. The molecule has 2 heterocycles. The highest BCUT2D eigenvalue weighted by atomic mass is 35.5. The van der Waals surface area contributed by atoms with Crippen LogP contribution in [0.4, 0.5) is 0 Å². The van der Waals surface area contributed by atoms with Crippen molar-refractivity contribution in [3.05, 3.63) is 70.8 Å². The molecule has 0 amide bonds. The molecule has 2 aromatic heterocycles. The number of H-pyrrole nitrogens is 1. The van der Waals surface area contributed by atoms with Gasteiger partial charge in [-0.15, -0.1) is 10.2 Å². The fourth-order valence-corrected chi connectivity index (χ4v) is 4.58. The Hall–Kier alpha value is -3.93. The average Bonchev–Trinajstić information content (AvgIpc) is 3.59. The summed E-state index contributed by atoms with van der Waals surface area (Å²) >= 11 is 6.51. The van der Waals surface area contributed by atoms with E-state index >= 15 is 0 Å². The number of imidazole rings is 1. The molecule has 0 aliphatic carbocycles. The second kappa shape index (κ2) is 13.2. The number of carbonyl (C=O) groups is 2. The normalized spacial score (nSPS) is 12.8. The van der Waals surface area contributed by atoms with Crippen LogP contribution in [0.2, 0.25) is 5.15 Å². The number of carboxylic acids is 1. The number of halogens is 1. The standard InChI is InChI=1S/C27H30ClN7O4/c1-3-4-9-23-30-25(28)22(16-39-24(27(37)38)21(15-36)29-2)35(23)14-17-10-12-18(13-11-17)19-7-5-6-8-20(19)26-31-33-34-32-26/h5-8,10-13,15,21,24,29H,3-4,9,14,16H2,1-2H3,(H,37,38)(H,31,32,33,34)/t21?,24-/m1/s1. The smallest absolute Gasteiger partial charge is 0.334 e. The lowest BCUT2D eigenvalue weighted by Crippen LogP contribution is -2.45. The van der Waals surface area contributed by atoms with Crippen LogP contribution in [-0.4, -0.2) is 66.7 Å². The number of benzene rings is 2. The molecule has 4 rings (SSSR count).